The van der Waals surface area contributed by atoms with Gasteiger partial charge in [0.2, 0.25) is 5.91 Å². The van der Waals surface area contributed by atoms with Crippen molar-refractivity contribution in [2.24, 2.45) is 0 Å². The Labute approximate surface area is 129 Å². The van der Waals surface area contributed by atoms with Crippen LogP contribution in [-0.4, -0.2) is 30.4 Å². The SMILES string of the molecule is N#CCOc1cc(F)c(C2=CCCC(=O)N2CC(F)F)c(F)c1. The molecule has 0 N–H and O–H groups in total. The second kappa shape index (κ2) is 7.13. The second-order valence-corrected chi connectivity index (χ2v) is 4.73. The van der Waals surface area contributed by atoms with E-state index in [1.54, 1.807) is 6.07 Å². The molecular formula is C15H12F4N2O2. The van der Waals surface area contributed by atoms with E-state index < -0.39 is 42.7 Å². The van der Waals surface area contributed by atoms with Crippen LogP contribution in [0.1, 0.15) is 18.4 Å². The minimum atomic E-state index is -2.83. The second-order valence-electron chi connectivity index (χ2n) is 4.73. The smallest absolute Gasteiger partial charge is 0.256 e. The van der Waals surface area contributed by atoms with Crippen LogP contribution >= 0.6 is 0 Å². The fourth-order valence-electron chi connectivity index (χ4n) is 2.28. The van der Waals surface area contributed by atoms with Gasteiger partial charge in [-0.05, 0) is 6.42 Å². The molecule has 0 radical (unpaired) electrons. The Morgan fingerprint density at radius 3 is 2.52 bits per heavy atom. The highest BCUT2D eigenvalue weighted by molar-refractivity contribution is 5.89. The number of hydrogen-bond acceptors (Lipinski definition) is 3. The molecule has 1 aliphatic rings. The molecule has 0 atom stereocenters. The van der Waals surface area contributed by atoms with Gasteiger partial charge in [0.25, 0.3) is 6.43 Å². The van der Waals surface area contributed by atoms with E-state index in [1.165, 1.54) is 6.08 Å². The summed E-state index contributed by atoms with van der Waals surface area (Å²) in [5.74, 6) is -2.93. The number of hydrogen-bond donors (Lipinski definition) is 0. The lowest BCUT2D eigenvalue weighted by molar-refractivity contribution is -0.129. The fraction of sp³-hybridized carbons (Fsp3) is 0.333. The molecule has 8 heteroatoms. The van der Waals surface area contributed by atoms with E-state index in [9.17, 15) is 22.4 Å². The predicted octanol–water partition coefficient (Wildman–Crippen LogP) is 3.10. The van der Waals surface area contributed by atoms with Gasteiger partial charge < -0.3 is 9.64 Å². The van der Waals surface area contributed by atoms with Crippen molar-refractivity contribution in [1.82, 2.24) is 4.90 Å². The summed E-state index contributed by atoms with van der Waals surface area (Å²) in [5.41, 5.74) is -0.786. The van der Waals surface area contributed by atoms with Crippen LogP contribution in [0.4, 0.5) is 17.6 Å². The molecule has 1 aromatic rings. The Morgan fingerprint density at radius 2 is 1.96 bits per heavy atom. The van der Waals surface area contributed by atoms with Gasteiger partial charge in [0, 0.05) is 18.6 Å². The van der Waals surface area contributed by atoms with Crippen LogP contribution in [-0.2, 0) is 4.79 Å². The molecule has 1 aliphatic heterocycles. The van der Waals surface area contributed by atoms with Crippen molar-refractivity contribution in [2.45, 2.75) is 19.3 Å². The van der Waals surface area contributed by atoms with E-state index in [4.69, 9.17) is 10.00 Å². The molecular weight excluding hydrogens is 316 g/mol. The maximum atomic E-state index is 14.2. The average molecular weight is 328 g/mol. The van der Waals surface area contributed by atoms with Crippen LogP contribution < -0.4 is 4.74 Å². The molecule has 122 valence electrons. The number of ether oxygens (including phenoxy) is 1. The lowest BCUT2D eigenvalue weighted by Crippen LogP contribution is -2.36. The van der Waals surface area contributed by atoms with Gasteiger partial charge in [-0.25, -0.2) is 17.6 Å². The lowest BCUT2D eigenvalue weighted by atomic mass is 10.0. The topological polar surface area (TPSA) is 53.3 Å². The summed E-state index contributed by atoms with van der Waals surface area (Å²) in [7, 11) is 0. The molecule has 1 amide bonds. The number of carbonyl (C=O) groups is 1. The molecule has 0 fully saturated rings. The number of rotatable bonds is 5. The standard InChI is InChI=1S/C15H12F4N2O2/c16-10-6-9(23-5-4-20)7-11(17)15(10)12-2-1-3-14(22)21(12)8-13(18)19/h2,6-7,13H,1,3,5,8H2. The molecule has 0 bridgehead atoms. The average Bonchev–Trinajstić information content (AvgIpc) is 2.47. The van der Waals surface area contributed by atoms with Crippen molar-refractivity contribution >= 4 is 11.6 Å². The first-order valence-corrected chi connectivity index (χ1v) is 6.72. The first-order valence-electron chi connectivity index (χ1n) is 6.72. The third kappa shape index (κ3) is 3.80. The van der Waals surface area contributed by atoms with Crippen molar-refractivity contribution in [2.75, 3.05) is 13.2 Å². The van der Waals surface area contributed by atoms with Gasteiger partial charge >= 0.3 is 0 Å². The predicted molar refractivity (Wildman–Crippen MR) is 72.4 cm³/mol. The molecule has 0 saturated carbocycles. The number of nitrogens with zero attached hydrogens (tertiary/aromatic N) is 2. The van der Waals surface area contributed by atoms with Crippen LogP contribution in [0, 0.1) is 23.0 Å². The summed E-state index contributed by atoms with van der Waals surface area (Å²) in [6.45, 7) is -1.33. The van der Waals surface area contributed by atoms with Gasteiger partial charge in [-0.2, -0.15) is 5.26 Å². The number of amides is 1. The van der Waals surface area contributed by atoms with Gasteiger partial charge in [-0.1, -0.05) is 6.08 Å². The van der Waals surface area contributed by atoms with Gasteiger partial charge in [0.05, 0.1) is 17.8 Å². The minimum Gasteiger partial charge on any atom is -0.479 e. The monoisotopic (exact) mass is 328 g/mol. The Balaban J connectivity index is 2.41. The zero-order valence-electron chi connectivity index (χ0n) is 11.9. The van der Waals surface area contributed by atoms with Crippen LogP contribution in [0.15, 0.2) is 18.2 Å². The van der Waals surface area contributed by atoms with Gasteiger partial charge in [-0.3, -0.25) is 4.79 Å². The summed E-state index contributed by atoms with van der Waals surface area (Å²) in [4.78, 5) is 12.5. The highest BCUT2D eigenvalue weighted by Crippen LogP contribution is 2.32. The summed E-state index contributed by atoms with van der Waals surface area (Å²) in [6, 6.07) is 3.34. The molecule has 2 rings (SSSR count). The van der Waals surface area contributed by atoms with Gasteiger partial charge in [0.1, 0.15) is 23.5 Å². The molecule has 0 aliphatic carbocycles. The first kappa shape index (κ1) is 16.8. The van der Waals surface area contributed by atoms with Crippen LogP contribution in [0.2, 0.25) is 0 Å². The maximum Gasteiger partial charge on any atom is 0.256 e. The molecule has 0 spiro atoms. The van der Waals surface area contributed by atoms with E-state index in [0.29, 0.717) is 4.90 Å². The summed E-state index contributed by atoms with van der Waals surface area (Å²) in [6.07, 6.45) is -1.27. The Bertz CT molecular complexity index is 660. The van der Waals surface area contributed by atoms with Gasteiger partial charge in [-0.15, -0.1) is 0 Å². The molecule has 0 aromatic heterocycles. The minimum absolute atomic E-state index is 0.00280. The first-order chi connectivity index (χ1) is 10.9. The zero-order chi connectivity index (χ0) is 17.0. The van der Waals surface area contributed by atoms with E-state index in [-0.39, 0.29) is 24.3 Å². The normalized spacial score (nSPS) is 14.7. The summed E-state index contributed by atoms with van der Waals surface area (Å²) >= 11 is 0. The van der Waals surface area contributed by atoms with Crippen molar-refractivity contribution in [3.63, 3.8) is 0 Å². The van der Waals surface area contributed by atoms with Crippen molar-refractivity contribution < 1.29 is 27.1 Å². The highest BCUT2D eigenvalue weighted by Gasteiger charge is 2.29. The van der Waals surface area contributed by atoms with Crippen molar-refractivity contribution in [3.8, 4) is 11.8 Å². The molecule has 23 heavy (non-hydrogen) atoms. The Morgan fingerprint density at radius 1 is 1.30 bits per heavy atom. The summed E-state index contributed by atoms with van der Waals surface area (Å²) in [5, 5.41) is 8.39. The molecule has 0 unspecified atom stereocenters. The third-order valence-electron chi connectivity index (χ3n) is 3.18. The van der Waals surface area contributed by atoms with E-state index in [1.807, 2.05) is 0 Å². The Hall–Kier alpha value is -2.56. The maximum absolute atomic E-state index is 14.2. The van der Waals surface area contributed by atoms with Crippen LogP contribution in [0.5, 0.6) is 5.75 Å². The van der Waals surface area contributed by atoms with Gasteiger partial charge in [0.15, 0.2) is 6.61 Å². The number of carbonyl (C=O) groups excluding carboxylic acids is 1. The number of alkyl halides is 2. The van der Waals surface area contributed by atoms with Crippen LogP contribution in [0.25, 0.3) is 5.70 Å². The summed E-state index contributed by atoms with van der Waals surface area (Å²) < 4.78 is 58.4. The van der Waals surface area contributed by atoms with E-state index in [0.717, 1.165) is 12.1 Å². The molecule has 0 saturated heterocycles. The third-order valence-corrected chi connectivity index (χ3v) is 3.18. The van der Waals surface area contributed by atoms with E-state index in [2.05, 4.69) is 0 Å². The van der Waals surface area contributed by atoms with Crippen LogP contribution in [0.3, 0.4) is 0 Å². The number of halogens is 4. The largest absolute Gasteiger partial charge is 0.479 e. The number of nitriles is 1. The van der Waals surface area contributed by atoms with E-state index >= 15 is 0 Å². The molecule has 1 aromatic carbocycles. The quantitative estimate of drug-likeness (QED) is 0.781. The molecule has 4 nitrogen and oxygen atoms in total. The zero-order valence-corrected chi connectivity index (χ0v) is 11.9. The highest BCUT2D eigenvalue weighted by atomic mass is 19.3. The lowest BCUT2D eigenvalue weighted by Gasteiger charge is -2.29. The fourth-order valence-corrected chi connectivity index (χ4v) is 2.28. The van der Waals surface area contributed by atoms with Crippen molar-refractivity contribution in [3.05, 3.63) is 35.4 Å². The van der Waals surface area contributed by atoms with Crippen molar-refractivity contribution in [1.29, 1.82) is 5.26 Å². The Kier molecular flexibility index (Phi) is 5.21. The number of benzene rings is 1. The molecule has 1 heterocycles. The number of allylic oxidation sites excluding steroid dienone is 1.